The number of hydrogen-bond acceptors (Lipinski definition) is 3. The molecular formula is C23H22Cl2N4O. The van der Waals surface area contributed by atoms with Crippen molar-refractivity contribution in [2.75, 3.05) is 0 Å². The first-order valence-corrected chi connectivity index (χ1v) is 10.1. The molecule has 0 saturated carbocycles. The fraction of sp³-hybridized carbons (Fsp3) is 0.174. The van der Waals surface area contributed by atoms with Crippen molar-refractivity contribution in [3.05, 3.63) is 87.1 Å². The molecule has 0 bridgehead atoms. The molecule has 0 fully saturated rings. The molecule has 0 amide bonds. The second-order valence-electron chi connectivity index (χ2n) is 6.87. The number of benzene rings is 2. The van der Waals surface area contributed by atoms with E-state index in [1.165, 1.54) is 0 Å². The van der Waals surface area contributed by atoms with E-state index in [0.29, 0.717) is 16.2 Å². The van der Waals surface area contributed by atoms with Gasteiger partial charge in [0.25, 0.3) is 5.56 Å². The second kappa shape index (κ2) is 9.28. The highest BCUT2D eigenvalue weighted by atomic mass is 35.5. The van der Waals surface area contributed by atoms with Crippen LogP contribution >= 0.6 is 23.2 Å². The van der Waals surface area contributed by atoms with E-state index < -0.39 is 0 Å². The number of allylic oxidation sites excluding steroid dienone is 1. The number of fused-ring (bicyclic) bond motifs is 1. The van der Waals surface area contributed by atoms with E-state index in [2.05, 4.69) is 22.0 Å². The van der Waals surface area contributed by atoms with E-state index in [-0.39, 0.29) is 16.9 Å². The second-order valence-corrected chi connectivity index (χ2v) is 7.78. The summed E-state index contributed by atoms with van der Waals surface area (Å²) in [5.74, 6) is 0.359. The lowest BCUT2D eigenvalue weighted by Gasteiger charge is -2.22. The maximum Gasteiger partial charge on any atom is 0.263 e. The van der Waals surface area contributed by atoms with Gasteiger partial charge in [-0.2, -0.15) is 4.99 Å². The summed E-state index contributed by atoms with van der Waals surface area (Å²) in [5, 5.41) is 5.19. The molecule has 1 atom stereocenters. The smallest absolute Gasteiger partial charge is 0.263 e. The zero-order valence-corrected chi connectivity index (χ0v) is 18.5. The number of nitrogens with one attached hydrogen (secondary N) is 1. The van der Waals surface area contributed by atoms with E-state index in [1.54, 1.807) is 11.5 Å². The van der Waals surface area contributed by atoms with Gasteiger partial charge in [-0.1, -0.05) is 48.0 Å². The Labute approximate surface area is 185 Å². The van der Waals surface area contributed by atoms with Crippen LogP contribution in [0.2, 0.25) is 0 Å². The molecule has 0 aliphatic rings. The standard InChI is InChI=1S/C23H22Cl2N4O/c1-14-9-8-10-17-13-19(16(3)27-21(15(2)24)28-23(25)26-4)29(22(30)20(14)17)18-11-6-5-7-12-18/h5-13,16,27H,4H2,1-3H3/b21-15+,28-23-/t16-/m0/s1. The van der Waals surface area contributed by atoms with Gasteiger partial charge in [-0.25, -0.2) is 4.99 Å². The molecule has 0 aliphatic heterocycles. The van der Waals surface area contributed by atoms with Gasteiger partial charge in [0.05, 0.1) is 16.5 Å². The van der Waals surface area contributed by atoms with Crippen LogP contribution in [0.1, 0.15) is 31.1 Å². The summed E-state index contributed by atoms with van der Waals surface area (Å²) in [6, 6.07) is 17.0. The van der Waals surface area contributed by atoms with Crippen LogP contribution in [0.25, 0.3) is 16.5 Å². The molecule has 7 heteroatoms. The summed E-state index contributed by atoms with van der Waals surface area (Å²) in [4.78, 5) is 21.3. The number of aromatic nitrogens is 1. The summed E-state index contributed by atoms with van der Waals surface area (Å²) >= 11 is 12.1. The molecule has 0 unspecified atom stereocenters. The van der Waals surface area contributed by atoms with Crippen molar-refractivity contribution in [1.82, 2.24) is 9.88 Å². The summed E-state index contributed by atoms with van der Waals surface area (Å²) in [7, 11) is 0. The Balaban J connectivity index is 2.23. The van der Waals surface area contributed by atoms with Crippen LogP contribution in [0.15, 0.2) is 80.2 Å². The average molecular weight is 441 g/mol. The van der Waals surface area contributed by atoms with Gasteiger partial charge < -0.3 is 5.32 Å². The van der Waals surface area contributed by atoms with Gasteiger partial charge in [0, 0.05) is 11.4 Å². The number of aliphatic imine (C=N–C) groups is 2. The highest BCUT2D eigenvalue weighted by Crippen LogP contribution is 2.24. The highest BCUT2D eigenvalue weighted by molar-refractivity contribution is 6.65. The van der Waals surface area contributed by atoms with Crippen molar-refractivity contribution in [2.45, 2.75) is 26.8 Å². The molecule has 3 rings (SSSR count). The van der Waals surface area contributed by atoms with E-state index in [1.807, 2.05) is 68.4 Å². The van der Waals surface area contributed by atoms with E-state index >= 15 is 0 Å². The molecule has 0 spiro atoms. The molecule has 3 aromatic rings. The Morgan fingerprint density at radius 3 is 2.47 bits per heavy atom. The molecular weight excluding hydrogens is 419 g/mol. The normalized spacial score (nSPS) is 13.7. The largest absolute Gasteiger partial charge is 0.361 e. The molecule has 0 radical (unpaired) electrons. The number of rotatable bonds is 5. The fourth-order valence-electron chi connectivity index (χ4n) is 3.33. The van der Waals surface area contributed by atoms with Gasteiger partial charge in [0.15, 0.2) is 0 Å². The van der Waals surface area contributed by atoms with Crippen LogP contribution < -0.4 is 10.9 Å². The third-order valence-electron chi connectivity index (χ3n) is 4.76. The molecule has 5 nitrogen and oxygen atoms in total. The van der Waals surface area contributed by atoms with Crippen molar-refractivity contribution in [2.24, 2.45) is 9.98 Å². The van der Waals surface area contributed by atoms with Gasteiger partial charge in [0.1, 0.15) is 5.82 Å². The predicted molar refractivity (Wildman–Crippen MR) is 127 cm³/mol. The minimum atomic E-state index is -0.315. The van der Waals surface area contributed by atoms with E-state index in [0.717, 1.165) is 22.3 Å². The number of hydrogen-bond donors (Lipinski definition) is 1. The van der Waals surface area contributed by atoms with Crippen LogP contribution in [-0.4, -0.2) is 16.6 Å². The number of amidine groups is 1. The Morgan fingerprint density at radius 2 is 1.83 bits per heavy atom. The molecule has 0 aliphatic carbocycles. The van der Waals surface area contributed by atoms with Crippen molar-refractivity contribution in [3.8, 4) is 5.69 Å². The van der Waals surface area contributed by atoms with Crippen LogP contribution in [0, 0.1) is 6.92 Å². The van der Waals surface area contributed by atoms with Crippen molar-refractivity contribution >= 4 is 46.0 Å². The maximum absolute atomic E-state index is 13.5. The van der Waals surface area contributed by atoms with Crippen LogP contribution in [-0.2, 0) is 0 Å². The van der Waals surface area contributed by atoms with Gasteiger partial charge in [-0.3, -0.25) is 9.36 Å². The lowest BCUT2D eigenvalue weighted by Crippen LogP contribution is -2.28. The van der Waals surface area contributed by atoms with Crippen LogP contribution in [0.4, 0.5) is 0 Å². The first-order valence-electron chi connectivity index (χ1n) is 9.38. The molecule has 0 saturated heterocycles. The average Bonchev–Trinajstić information content (AvgIpc) is 2.73. The molecule has 1 aromatic heterocycles. The molecule has 154 valence electrons. The third-order valence-corrected chi connectivity index (χ3v) is 5.14. The van der Waals surface area contributed by atoms with Crippen molar-refractivity contribution in [1.29, 1.82) is 0 Å². The lowest BCUT2D eigenvalue weighted by atomic mass is 10.0. The lowest BCUT2D eigenvalue weighted by molar-refractivity contribution is 0.608. The summed E-state index contributed by atoms with van der Waals surface area (Å²) in [6.07, 6.45) is 0. The van der Waals surface area contributed by atoms with Crippen molar-refractivity contribution in [3.63, 3.8) is 0 Å². The van der Waals surface area contributed by atoms with E-state index in [9.17, 15) is 4.79 Å². The Hall–Kier alpha value is -2.89. The number of pyridine rings is 1. The van der Waals surface area contributed by atoms with E-state index in [4.69, 9.17) is 23.2 Å². The quantitative estimate of drug-likeness (QED) is 0.315. The molecule has 30 heavy (non-hydrogen) atoms. The molecule has 1 heterocycles. The monoisotopic (exact) mass is 440 g/mol. The van der Waals surface area contributed by atoms with Crippen molar-refractivity contribution < 1.29 is 0 Å². The van der Waals surface area contributed by atoms with Gasteiger partial charge >= 0.3 is 0 Å². The fourth-order valence-corrected chi connectivity index (χ4v) is 3.51. The Morgan fingerprint density at radius 1 is 1.13 bits per heavy atom. The van der Waals surface area contributed by atoms with Gasteiger partial charge in [0.2, 0.25) is 5.29 Å². The van der Waals surface area contributed by atoms with Gasteiger partial charge in [-0.05, 0) is 68.2 Å². The number of aryl methyl sites for hydroxylation is 1. The summed E-state index contributed by atoms with van der Waals surface area (Å²) in [6.45, 7) is 8.93. The Bertz CT molecular complexity index is 1210. The summed E-state index contributed by atoms with van der Waals surface area (Å²) in [5.41, 5.74) is 2.39. The zero-order chi connectivity index (χ0) is 21.8. The SMILES string of the molecule is C=N/C(Cl)=N\C(N[C@@H](C)c1cc2cccc(C)c2c(=O)n1-c1ccccc1)=C(/C)Cl. The minimum absolute atomic E-state index is 0.0284. The van der Waals surface area contributed by atoms with Crippen LogP contribution in [0.5, 0.6) is 0 Å². The number of halogens is 2. The minimum Gasteiger partial charge on any atom is -0.361 e. The topological polar surface area (TPSA) is 58.8 Å². The molecule has 2 aromatic carbocycles. The third kappa shape index (κ3) is 4.48. The first-order chi connectivity index (χ1) is 14.3. The van der Waals surface area contributed by atoms with Gasteiger partial charge in [-0.15, -0.1) is 0 Å². The predicted octanol–water partition coefficient (Wildman–Crippen LogP) is 5.67. The highest BCUT2D eigenvalue weighted by Gasteiger charge is 2.18. The number of para-hydroxylation sites is 1. The first kappa shape index (κ1) is 21.8. The summed E-state index contributed by atoms with van der Waals surface area (Å²) < 4.78 is 1.71. The number of nitrogens with zero attached hydrogens (tertiary/aromatic N) is 3. The molecule has 1 N–H and O–H groups in total. The zero-order valence-electron chi connectivity index (χ0n) is 17.0. The Kier molecular flexibility index (Phi) is 6.75. The maximum atomic E-state index is 13.5. The van der Waals surface area contributed by atoms with Crippen LogP contribution in [0.3, 0.4) is 0 Å².